The molecule has 1 aromatic carbocycles. The summed E-state index contributed by atoms with van der Waals surface area (Å²) in [4.78, 5) is 42.2. The van der Waals surface area contributed by atoms with Crippen molar-refractivity contribution >= 4 is 22.7 Å². The van der Waals surface area contributed by atoms with Crippen molar-refractivity contribution in [1.82, 2.24) is 24.8 Å². The van der Waals surface area contributed by atoms with Crippen LogP contribution in [0.3, 0.4) is 0 Å². The Morgan fingerprint density at radius 1 is 1.06 bits per heavy atom. The molecule has 1 unspecified atom stereocenters. The van der Waals surface area contributed by atoms with Gasteiger partial charge in [-0.15, -0.1) is 0 Å². The number of likely N-dealkylation sites (tertiary alicyclic amines) is 1. The first-order valence-corrected chi connectivity index (χ1v) is 11.5. The zero-order valence-corrected chi connectivity index (χ0v) is 19.4. The van der Waals surface area contributed by atoms with Crippen molar-refractivity contribution in [2.24, 2.45) is 0 Å². The third kappa shape index (κ3) is 3.99. The number of amides is 2. The lowest BCUT2D eigenvalue weighted by Crippen LogP contribution is -2.41. The lowest BCUT2D eigenvalue weighted by Gasteiger charge is -2.27. The van der Waals surface area contributed by atoms with Crippen LogP contribution in [0.4, 0.5) is 0 Å². The van der Waals surface area contributed by atoms with Gasteiger partial charge >= 0.3 is 0 Å². The van der Waals surface area contributed by atoms with E-state index in [0.717, 1.165) is 23.0 Å². The number of ether oxygens (including phenoxy) is 1. The van der Waals surface area contributed by atoms with Crippen molar-refractivity contribution in [2.45, 2.75) is 33.1 Å². The van der Waals surface area contributed by atoms with Gasteiger partial charge in [0.15, 0.2) is 0 Å². The first-order valence-electron chi connectivity index (χ1n) is 11.5. The molecule has 4 heterocycles. The Hall–Kier alpha value is -3.26. The Morgan fingerprint density at radius 2 is 1.85 bits per heavy atom. The van der Waals surface area contributed by atoms with Crippen molar-refractivity contribution in [3.8, 4) is 0 Å². The number of hydrogen-bond donors (Lipinski definition) is 1. The maximum atomic E-state index is 13.2. The zero-order valence-electron chi connectivity index (χ0n) is 19.4. The molecule has 5 rings (SSSR count). The minimum absolute atomic E-state index is 0.0356. The first-order chi connectivity index (χ1) is 15.9. The molecule has 8 heteroatoms. The highest BCUT2D eigenvalue weighted by atomic mass is 16.5. The molecule has 0 aliphatic carbocycles. The van der Waals surface area contributed by atoms with E-state index in [9.17, 15) is 9.59 Å². The number of aryl methyl sites for hydroxylation is 3. The fourth-order valence-electron chi connectivity index (χ4n) is 4.76. The van der Waals surface area contributed by atoms with Crippen LogP contribution in [0.5, 0.6) is 0 Å². The van der Waals surface area contributed by atoms with Gasteiger partial charge in [-0.25, -0.2) is 9.97 Å². The number of rotatable bonds is 3. The molecule has 2 aliphatic heterocycles. The highest BCUT2D eigenvalue weighted by molar-refractivity contribution is 5.99. The van der Waals surface area contributed by atoms with E-state index in [2.05, 4.69) is 21.9 Å². The number of carbonyl (C=O) groups excluding carboxylic acids is 2. The normalized spacial score (nSPS) is 18.8. The molecule has 0 bridgehead atoms. The van der Waals surface area contributed by atoms with Gasteiger partial charge in [-0.1, -0.05) is 0 Å². The van der Waals surface area contributed by atoms with E-state index in [1.165, 1.54) is 5.56 Å². The number of nitrogens with zero attached hydrogens (tertiary/aromatic N) is 4. The fourth-order valence-corrected chi connectivity index (χ4v) is 4.76. The molecule has 0 saturated carbocycles. The van der Waals surface area contributed by atoms with E-state index in [1.54, 1.807) is 11.1 Å². The van der Waals surface area contributed by atoms with Crippen molar-refractivity contribution in [3.63, 3.8) is 0 Å². The SMILES string of the molecule is Cc1nc(C2CCN(C(=O)c3ccc4[nH]c(C)c(C)c4c3)C2)ncc1C(=O)N1CCOCC1. The van der Waals surface area contributed by atoms with Crippen molar-refractivity contribution in [1.29, 1.82) is 0 Å². The molecule has 1 N–H and O–H groups in total. The zero-order chi connectivity index (χ0) is 23.1. The average molecular weight is 448 g/mol. The largest absolute Gasteiger partial charge is 0.378 e. The molecule has 2 amide bonds. The fraction of sp³-hybridized carbons (Fsp3) is 0.440. The highest BCUT2D eigenvalue weighted by Crippen LogP contribution is 2.28. The van der Waals surface area contributed by atoms with E-state index in [4.69, 9.17) is 4.74 Å². The molecule has 172 valence electrons. The number of carbonyl (C=O) groups is 2. The summed E-state index contributed by atoms with van der Waals surface area (Å²) in [7, 11) is 0. The average Bonchev–Trinajstić information content (AvgIpc) is 3.44. The molecule has 2 saturated heterocycles. The molecule has 0 spiro atoms. The Balaban J connectivity index is 1.29. The van der Waals surface area contributed by atoms with Crippen LogP contribution in [0.15, 0.2) is 24.4 Å². The first kappa shape index (κ1) is 21.6. The summed E-state index contributed by atoms with van der Waals surface area (Å²) >= 11 is 0. The Bertz CT molecular complexity index is 1230. The van der Waals surface area contributed by atoms with Crippen LogP contribution in [0.1, 0.15) is 55.8 Å². The third-order valence-electron chi connectivity index (χ3n) is 6.92. The number of morpholine rings is 1. The van der Waals surface area contributed by atoms with Gasteiger partial charge in [-0.05, 0) is 51.0 Å². The van der Waals surface area contributed by atoms with Crippen LogP contribution in [0, 0.1) is 20.8 Å². The maximum Gasteiger partial charge on any atom is 0.257 e. The second-order valence-electron chi connectivity index (χ2n) is 9.00. The second-order valence-corrected chi connectivity index (χ2v) is 9.00. The number of fused-ring (bicyclic) bond motifs is 1. The number of aromatic nitrogens is 3. The summed E-state index contributed by atoms with van der Waals surface area (Å²) in [6.07, 6.45) is 2.46. The van der Waals surface area contributed by atoms with Crippen molar-refractivity contribution in [3.05, 3.63) is 58.3 Å². The minimum Gasteiger partial charge on any atom is -0.378 e. The third-order valence-corrected chi connectivity index (χ3v) is 6.92. The van der Waals surface area contributed by atoms with Crippen molar-refractivity contribution in [2.75, 3.05) is 39.4 Å². The number of hydrogen-bond acceptors (Lipinski definition) is 5. The van der Waals surface area contributed by atoms with E-state index >= 15 is 0 Å². The monoisotopic (exact) mass is 447 g/mol. The van der Waals surface area contributed by atoms with Crippen LogP contribution in [0.2, 0.25) is 0 Å². The topological polar surface area (TPSA) is 91.4 Å². The molecular weight excluding hydrogens is 418 g/mol. The van der Waals surface area contributed by atoms with E-state index < -0.39 is 0 Å². The van der Waals surface area contributed by atoms with Crippen LogP contribution in [0.25, 0.3) is 10.9 Å². The number of nitrogens with one attached hydrogen (secondary N) is 1. The maximum absolute atomic E-state index is 13.2. The Morgan fingerprint density at radius 3 is 2.61 bits per heavy atom. The number of aromatic amines is 1. The van der Waals surface area contributed by atoms with Gasteiger partial charge in [0.05, 0.1) is 24.5 Å². The lowest BCUT2D eigenvalue weighted by molar-refractivity contribution is 0.0301. The molecule has 8 nitrogen and oxygen atoms in total. The minimum atomic E-state index is -0.0451. The summed E-state index contributed by atoms with van der Waals surface area (Å²) in [5, 5.41) is 1.09. The molecule has 2 fully saturated rings. The summed E-state index contributed by atoms with van der Waals surface area (Å²) < 4.78 is 5.33. The van der Waals surface area contributed by atoms with Crippen molar-refractivity contribution < 1.29 is 14.3 Å². The summed E-state index contributed by atoms with van der Waals surface area (Å²) in [6.45, 7) is 9.53. The van der Waals surface area contributed by atoms with Crippen LogP contribution in [-0.2, 0) is 4.74 Å². The second kappa shape index (κ2) is 8.59. The van der Waals surface area contributed by atoms with Crippen LogP contribution in [-0.4, -0.2) is 76.0 Å². The lowest BCUT2D eigenvalue weighted by atomic mass is 10.1. The Kier molecular flexibility index (Phi) is 5.62. The number of H-pyrrole nitrogens is 1. The molecule has 2 aliphatic rings. The molecule has 33 heavy (non-hydrogen) atoms. The van der Waals surface area contributed by atoms with E-state index in [1.807, 2.05) is 36.9 Å². The molecular formula is C25H29N5O3. The van der Waals surface area contributed by atoms with Gasteiger partial charge in [-0.3, -0.25) is 9.59 Å². The Labute approximate surface area is 193 Å². The van der Waals surface area contributed by atoms with Gasteiger partial charge in [0.25, 0.3) is 11.8 Å². The molecule has 3 aromatic rings. The summed E-state index contributed by atoms with van der Waals surface area (Å²) in [6, 6.07) is 5.85. The van der Waals surface area contributed by atoms with Crippen LogP contribution < -0.4 is 0 Å². The highest BCUT2D eigenvalue weighted by Gasteiger charge is 2.31. The predicted molar refractivity (Wildman–Crippen MR) is 125 cm³/mol. The number of benzene rings is 1. The van der Waals surface area contributed by atoms with Gasteiger partial charge in [-0.2, -0.15) is 0 Å². The van der Waals surface area contributed by atoms with Gasteiger partial charge < -0.3 is 19.5 Å². The standard InChI is InChI=1S/C25H29N5O3/c1-15-16(2)27-22-5-4-18(12-20(15)22)24(31)30-7-6-19(14-30)23-26-13-21(17(3)28-23)25(32)29-8-10-33-11-9-29/h4-5,12-13,19,27H,6-11,14H2,1-3H3. The quantitative estimate of drug-likeness (QED) is 0.667. The molecule has 0 radical (unpaired) electrons. The predicted octanol–water partition coefficient (Wildman–Crippen LogP) is 2.99. The molecule has 1 atom stereocenters. The summed E-state index contributed by atoms with van der Waals surface area (Å²) in [5.41, 5.74) is 5.28. The van der Waals surface area contributed by atoms with Gasteiger partial charge in [0.2, 0.25) is 0 Å². The van der Waals surface area contributed by atoms with Gasteiger partial charge in [0.1, 0.15) is 5.82 Å². The summed E-state index contributed by atoms with van der Waals surface area (Å²) in [5.74, 6) is 0.763. The van der Waals surface area contributed by atoms with E-state index in [-0.39, 0.29) is 17.7 Å². The molecule has 2 aromatic heterocycles. The van der Waals surface area contributed by atoms with Crippen LogP contribution >= 0.6 is 0 Å². The van der Waals surface area contributed by atoms with Gasteiger partial charge in [0, 0.05) is 60.5 Å². The van der Waals surface area contributed by atoms with E-state index in [0.29, 0.717) is 62.0 Å². The smallest absolute Gasteiger partial charge is 0.257 e.